The van der Waals surface area contributed by atoms with E-state index in [-0.39, 0.29) is 36.8 Å². The van der Waals surface area contributed by atoms with Crippen molar-refractivity contribution in [2.45, 2.75) is 44.5 Å². The number of hydrogen-bond donors (Lipinski definition) is 3. The van der Waals surface area contributed by atoms with Crippen LogP contribution in [0.3, 0.4) is 0 Å². The molecule has 0 atom stereocenters. The van der Waals surface area contributed by atoms with Gasteiger partial charge in [-0.3, -0.25) is 9.59 Å². The number of hydrogen-bond acceptors (Lipinski definition) is 8. The minimum Gasteiger partial charge on any atom is -0.480 e. The lowest BCUT2D eigenvalue weighted by Gasteiger charge is -2.24. The molecule has 2 aromatic heterocycles. The number of likely N-dealkylation sites (N-methyl/N-ethyl adjacent to an activating group) is 1. The first-order valence-corrected chi connectivity index (χ1v) is 16.3. The van der Waals surface area contributed by atoms with Crippen molar-refractivity contribution >= 4 is 44.6 Å². The molecule has 46 heavy (non-hydrogen) atoms. The van der Waals surface area contributed by atoms with Gasteiger partial charge in [0, 0.05) is 60.8 Å². The molecule has 2 aromatic carbocycles. The van der Waals surface area contributed by atoms with Gasteiger partial charge in [0.25, 0.3) is 15.6 Å². The fourth-order valence-electron chi connectivity index (χ4n) is 4.46. The zero-order valence-corrected chi connectivity index (χ0v) is 27.6. The first kappa shape index (κ1) is 34.6. The average molecular weight is 673 g/mol. The van der Waals surface area contributed by atoms with Crippen molar-refractivity contribution in [3.63, 3.8) is 0 Å². The molecule has 4 rings (SSSR count). The Kier molecular flexibility index (Phi) is 10.9. The number of aromatic nitrogens is 3. The summed E-state index contributed by atoms with van der Waals surface area (Å²) >= 11 is 6.02. The third-order valence-corrected chi connectivity index (χ3v) is 8.83. The molecule has 15 heteroatoms. The molecule has 0 radical (unpaired) electrons. The topological polar surface area (TPSA) is 167 Å². The number of benzene rings is 2. The number of rotatable bonds is 13. The summed E-state index contributed by atoms with van der Waals surface area (Å²) in [6, 6.07) is 16.9. The van der Waals surface area contributed by atoms with Gasteiger partial charge in [-0.1, -0.05) is 35.9 Å². The number of H-pyrrole nitrogens is 1. The van der Waals surface area contributed by atoms with Crippen molar-refractivity contribution in [2.24, 2.45) is 0 Å². The maximum Gasteiger partial charge on any atom is 0.410 e. The number of carbonyl (C=O) groups is 2. The van der Waals surface area contributed by atoms with E-state index >= 15 is 0 Å². The Labute approximate surface area is 271 Å². The highest BCUT2D eigenvalue weighted by molar-refractivity contribution is 7.89. The molecule has 0 saturated heterocycles. The van der Waals surface area contributed by atoms with E-state index in [1.807, 2.05) is 24.3 Å². The monoisotopic (exact) mass is 672 g/mol. The number of ether oxygens (including phenoxy) is 1. The molecule has 0 fully saturated rings. The number of carbonyl (C=O) groups excluding carboxylic acids is 1. The lowest BCUT2D eigenvalue weighted by atomic mass is 10.1. The van der Waals surface area contributed by atoms with Crippen molar-refractivity contribution in [1.29, 1.82) is 0 Å². The van der Waals surface area contributed by atoms with Crippen LogP contribution in [-0.2, 0) is 32.6 Å². The minimum absolute atomic E-state index is 0.0720. The second-order valence-corrected chi connectivity index (χ2v) is 14.0. The van der Waals surface area contributed by atoms with Gasteiger partial charge in [0.15, 0.2) is 0 Å². The molecule has 0 aliphatic carbocycles. The Morgan fingerprint density at radius 2 is 1.78 bits per heavy atom. The summed E-state index contributed by atoms with van der Waals surface area (Å²) in [4.78, 5) is 40.3. The van der Waals surface area contributed by atoms with Crippen LogP contribution in [0.25, 0.3) is 22.2 Å². The van der Waals surface area contributed by atoms with Gasteiger partial charge in [-0.05, 0) is 56.7 Å². The van der Waals surface area contributed by atoms with E-state index in [9.17, 15) is 27.9 Å². The Balaban J connectivity index is 1.34. The summed E-state index contributed by atoms with van der Waals surface area (Å²) in [6.45, 7) is 5.60. The summed E-state index contributed by atoms with van der Waals surface area (Å²) in [5.41, 5.74) is 1.90. The summed E-state index contributed by atoms with van der Waals surface area (Å²) in [6.07, 6.45) is -0.489. The molecule has 4 aromatic rings. The standard InChI is InChI=1S/C31H37ClN6O7S/c1-31(2,3)45-30(42)36(4)15-16-38-28(39)12-11-26(35-38)22-7-5-21(6-8-22)19-33-13-14-37(20-29(40)41)46(43,44)27-18-23-17-24(32)9-10-25(23)34-27/h5-12,17-18,33-34H,13-16,19-20H2,1-4H3,(H,40,41). The van der Waals surface area contributed by atoms with Crippen molar-refractivity contribution in [1.82, 2.24) is 29.3 Å². The van der Waals surface area contributed by atoms with E-state index in [0.29, 0.717) is 28.2 Å². The molecule has 246 valence electrons. The van der Waals surface area contributed by atoms with E-state index in [2.05, 4.69) is 15.4 Å². The highest BCUT2D eigenvalue weighted by Gasteiger charge is 2.28. The summed E-state index contributed by atoms with van der Waals surface area (Å²) in [5.74, 6) is -1.27. The number of halogens is 1. The molecule has 3 N–H and O–H groups in total. The summed E-state index contributed by atoms with van der Waals surface area (Å²) in [7, 11) is -2.53. The summed E-state index contributed by atoms with van der Waals surface area (Å²) < 4.78 is 34.1. The van der Waals surface area contributed by atoms with Crippen LogP contribution in [0.15, 0.2) is 70.5 Å². The maximum absolute atomic E-state index is 13.3. The Bertz CT molecular complexity index is 1870. The van der Waals surface area contributed by atoms with Crippen molar-refractivity contribution < 1.29 is 27.9 Å². The second kappa shape index (κ2) is 14.5. The molecular weight excluding hydrogens is 636 g/mol. The van der Waals surface area contributed by atoms with Gasteiger partial charge in [-0.2, -0.15) is 9.40 Å². The third-order valence-electron chi connectivity index (χ3n) is 6.82. The minimum atomic E-state index is -4.12. The van der Waals surface area contributed by atoms with Crippen molar-refractivity contribution in [3.05, 3.63) is 81.6 Å². The first-order valence-electron chi connectivity index (χ1n) is 14.4. The molecule has 0 bridgehead atoms. The fraction of sp³-hybridized carbons (Fsp3) is 0.355. The van der Waals surface area contributed by atoms with Gasteiger partial charge in [-0.25, -0.2) is 17.9 Å². The zero-order valence-electron chi connectivity index (χ0n) is 26.0. The van der Waals surface area contributed by atoms with Crippen molar-refractivity contribution in [2.75, 3.05) is 33.2 Å². The number of amides is 1. The number of aromatic amines is 1. The normalized spacial score (nSPS) is 12.0. The molecule has 0 unspecified atom stereocenters. The van der Waals surface area contributed by atoms with Crippen LogP contribution < -0.4 is 10.9 Å². The second-order valence-electron chi connectivity index (χ2n) is 11.7. The van der Waals surface area contributed by atoms with Crippen LogP contribution in [0.1, 0.15) is 26.3 Å². The van der Waals surface area contributed by atoms with Crippen LogP contribution in [0.4, 0.5) is 4.79 Å². The van der Waals surface area contributed by atoms with E-state index in [0.717, 1.165) is 15.4 Å². The van der Waals surface area contributed by atoms with Gasteiger partial charge < -0.3 is 25.0 Å². The highest BCUT2D eigenvalue weighted by Crippen LogP contribution is 2.24. The molecule has 0 aliphatic heterocycles. The van der Waals surface area contributed by atoms with Crippen LogP contribution in [0.5, 0.6) is 0 Å². The summed E-state index contributed by atoms with van der Waals surface area (Å²) in [5, 5.41) is 17.9. The Morgan fingerprint density at radius 1 is 1.07 bits per heavy atom. The third kappa shape index (κ3) is 9.16. The van der Waals surface area contributed by atoms with E-state index in [4.69, 9.17) is 16.3 Å². The molecule has 0 spiro atoms. The number of sulfonamides is 1. The largest absolute Gasteiger partial charge is 0.480 e. The van der Waals surface area contributed by atoms with E-state index in [1.165, 1.54) is 21.7 Å². The number of nitrogens with zero attached hydrogens (tertiary/aromatic N) is 4. The van der Waals surface area contributed by atoms with Crippen LogP contribution in [-0.4, -0.2) is 88.4 Å². The molecule has 1 amide bonds. The molecule has 13 nitrogen and oxygen atoms in total. The maximum atomic E-state index is 13.3. The predicted molar refractivity (Wildman–Crippen MR) is 174 cm³/mol. The Morgan fingerprint density at radius 3 is 2.46 bits per heavy atom. The quantitative estimate of drug-likeness (QED) is 0.179. The number of carboxylic acid groups (broad SMARTS) is 1. The smallest absolute Gasteiger partial charge is 0.410 e. The van der Waals surface area contributed by atoms with E-state index in [1.54, 1.807) is 52.1 Å². The lowest BCUT2D eigenvalue weighted by molar-refractivity contribution is -0.137. The number of nitrogens with one attached hydrogen (secondary N) is 2. The van der Waals surface area contributed by atoms with Crippen LogP contribution in [0.2, 0.25) is 5.02 Å². The molecule has 0 aliphatic rings. The molecule has 2 heterocycles. The lowest BCUT2D eigenvalue weighted by Crippen LogP contribution is -2.40. The number of fused-ring (bicyclic) bond motifs is 1. The van der Waals surface area contributed by atoms with Gasteiger partial charge in [-0.15, -0.1) is 0 Å². The predicted octanol–water partition coefficient (Wildman–Crippen LogP) is 3.78. The zero-order chi connectivity index (χ0) is 33.6. The van der Waals surface area contributed by atoms with Crippen LogP contribution >= 0.6 is 11.6 Å². The van der Waals surface area contributed by atoms with Gasteiger partial charge in [0.2, 0.25) is 0 Å². The first-order chi connectivity index (χ1) is 21.6. The molecular formula is C31H37ClN6O7S. The van der Waals surface area contributed by atoms with Gasteiger partial charge in [0.1, 0.15) is 17.2 Å². The molecule has 0 saturated carbocycles. The van der Waals surface area contributed by atoms with E-state index < -0.39 is 34.2 Å². The number of carboxylic acids is 1. The SMILES string of the molecule is CN(CCn1nc(-c2ccc(CNCCN(CC(=O)O)S(=O)(=O)c3cc4cc(Cl)ccc4[nH]3)cc2)ccc1=O)C(=O)OC(C)(C)C. The number of aliphatic carboxylic acids is 1. The van der Waals surface area contributed by atoms with Crippen LogP contribution in [0, 0.1) is 0 Å². The Hall–Kier alpha value is -4.24. The van der Waals surface area contributed by atoms with Crippen molar-refractivity contribution in [3.8, 4) is 11.3 Å². The highest BCUT2D eigenvalue weighted by atomic mass is 35.5. The average Bonchev–Trinajstić information content (AvgIpc) is 3.41. The van der Waals surface area contributed by atoms with Gasteiger partial charge >= 0.3 is 12.1 Å². The van der Waals surface area contributed by atoms with Gasteiger partial charge in [0.05, 0.1) is 12.2 Å². The fourth-order valence-corrected chi connectivity index (χ4v) is 6.04.